The number of carbonyl (C=O) groups excluding carboxylic acids is 2. The second kappa shape index (κ2) is 9.35. The minimum atomic E-state index is -0.491. The number of nitrogens with one attached hydrogen (secondary N) is 2. The molecule has 2 N–H and O–H groups in total. The Morgan fingerprint density at radius 3 is 2.81 bits per heavy atom. The topological polar surface area (TPSA) is 115 Å². The first-order valence-electron chi connectivity index (χ1n) is 9.69. The van der Waals surface area contributed by atoms with E-state index in [4.69, 9.17) is 4.74 Å². The summed E-state index contributed by atoms with van der Waals surface area (Å²) in [5, 5.41) is 9.43. The molecule has 1 aromatic carbocycles. The molecule has 3 aromatic heterocycles. The standard InChI is InChI=1S/C21H20N6O3S/c1-2-30-20(29)17-12-31-21(25-17)27-18(14-6-4-3-5-7-14)10-16(26-27)19(28)23-9-8-15-11-22-13-24-15/h3-7,10-13H,2,8-9H2,1H3,(H,22,24)(H,23,28). The zero-order valence-corrected chi connectivity index (χ0v) is 17.6. The van der Waals surface area contributed by atoms with E-state index < -0.39 is 5.97 Å². The fraction of sp³-hybridized carbons (Fsp3) is 0.190. The van der Waals surface area contributed by atoms with Crippen molar-refractivity contribution in [3.63, 3.8) is 0 Å². The minimum Gasteiger partial charge on any atom is -0.461 e. The van der Waals surface area contributed by atoms with E-state index in [9.17, 15) is 9.59 Å². The third kappa shape index (κ3) is 4.69. The van der Waals surface area contributed by atoms with Crippen LogP contribution in [-0.2, 0) is 11.2 Å². The van der Waals surface area contributed by atoms with E-state index in [-0.39, 0.29) is 23.9 Å². The Morgan fingerprint density at radius 2 is 2.06 bits per heavy atom. The molecule has 31 heavy (non-hydrogen) atoms. The van der Waals surface area contributed by atoms with Crippen LogP contribution in [0.1, 0.15) is 33.6 Å². The molecule has 0 saturated heterocycles. The van der Waals surface area contributed by atoms with Crippen LogP contribution in [0.5, 0.6) is 0 Å². The van der Waals surface area contributed by atoms with Gasteiger partial charge in [-0.2, -0.15) is 5.10 Å². The molecular formula is C21H20N6O3S. The van der Waals surface area contributed by atoms with Crippen molar-refractivity contribution in [3.05, 3.63) is 71.4 Å². The van der Waals surface area contributed by atoms with Crippen LogP contribution < -0.4 is 5.32 Å². The van der Waals surface area contributed by atoms with Crippen molar-refractivity contribution >= 4 is 23.2 Å². The molecule has 4 rings (SSSR count). The lowest BCUT2D eigenvalue weighted by molar-refractivity contribution is 0.0520. The fourth-order valence-electron chi connectivity index (χ4n) is 2.94. The molecule has 1 amide bonds. The van der Waals surface area contributed by atoms with Gasteiger partial charge in [-0.3, -0.25) is 4.79 Å². The summed E-state index contributed by atoms with van der Waals surface area (Å²) in [5.74, 6) is -0.784. The molecule has 10 heteroatoms. The van der Waals surface area contributed by atoms with E-state index in [2.05, 4.69) is 25.4 Å². The number of nitrogens with zero attached hydrogens (tertiary/aromatic N) is 4. The molecule has 3 heterocycles. The lowest BCUT2D eigenvalue weighted by Gasteiger charge is -2.03. The fourth-order valence-corrected chi connectivity index (χ4v) is 3.69. The zero-order valence-electron chi connectivity index (χ0n) is 16.7. The van der Waals surface area contributed by atoms with Gasteiger partial charge in [-0.15, -0.1) is 11.3 Å². The van der Waals surface area contributed by atoms with Gasteiger partial charge in [0.15, 0.2) is 11.4 Å². The van der Waals surface area contributed by atoms with Crippen LogP contribution in [0.3, 0.4) is 0 Å². The number of hydrogen-bond acceptors (Lipinski definition) is 7. The number of carbonyl (C=O) groups is 2. The van der Waals surface area contributed by atoms with Crippen LogP contribution in [0, 0.1) is 0 Å². The van der Waals surface area contributed by atoms with E-state index in [0.29, 0.717) is 23.8 Å². The molecule has 0 fully saturated rings. The Bertz CT molecular complexity index is 1170. The number of imidazole rings is 1. The Kier molecular flexibility index (Phi) is 6.18. The summed E-state index contributed by atoms with van der Waals surface area (Å²) in [4.78, 5) is 36.0. The van der Waals surface area contributed by atoms with Crippen molar-refractivity contribution in [1.82, 2.24) is 30.0 Å². The SMILES string of the molecule is CCOC(=O)c1csc(-n2nc(C(=O)NCCc3cnc[nH]3)cc2-c2ccccc2)n1. The molecule has 0 radical (unpaired) electrons. The van der Waals surface area contributed by atoms with Gasteiger partial charge in [-0.1, -0.05) is 30.3 Å². The van der Waals surface area contributed by atoms with Crippen LogP contribution >= 0.6 is 11.3 Å². The maximum absolute atomic E-state index is 12.7. The van der Waals surface area contributed by atoms with Gasteiger partial charge in [0.05, 0.1) is 18.6 Å². The Balaban J connectivity index is 1.60. The lowest BCUT2D eigenvalue weighted by atomic mass is 10.1. The Hall–Kier alpha value is -3.79. The van der Waals surface area contributed by atoms with Crippen LogP contribution in [0.4, 0.5) is 0 Å². The van der Waals surface area contributed by atoms with Gasteiger partial charge in [0, 0.05) is 35.8 Å². The molecule has 0 saturated carbocycles. The first-order valence-corrected chi connectivity index (χ1v) is 10.6. The number of rotatable bonds is 8. The van der Waals surface area contributed by atoms with E-state index in [1.54, 1.807) is 35.6 Å². The molecule has 0 aliphatic carbocycles. The summed E-state index contributed by atoms with van der Waals surface area (Å²) in [6.07, 6.45) is 3.95. The van der Waals surface area contributed by atoms with Gasteiger partial charge in [0.1, 0.15) is 0 Å². The summed E-state index contributed by atoms with van der Waals surface area (Å²) < 4.78 is 6.59. The smallest absolute Gasteiger partial charge is 0.357 e. The molecule has 0 unspecified atom stereocenters. The summed E-state index contributed by atoms with van der Waals surface area (Å²) in [6, 6.07) is 11.3. The van der Waals surface area contributed by atoms with Crippen LogP contribution in [0.25, 0.3) is 16.4 Å². The highest BCUT2D eigenvalue weighted by Gasteiger charge is 2.20. The average Bonchev–Trinajstić information content (AvgIpc) is 3.54. The van der Waals surface area contributed by atoms with Crippen molar-refractivity contribution in [3.8, 4) is 16.4 Å². The van der Waals surface area contributed by atoms with Crippen LogP contribution in [0.15, 0.2) is 54.3 Å². The highest BCUT2D eigenvalue weighted by Crippen LogP contribution is 2.26. The molecule has 0 spiro atoms. The van der Waals surface area contributed by atoms with Crippen molar-refractivity contribution in [1.29, 1.82) is 0 Å². The van der Waals surface area contributed by atoms with Gasteiger partial charge in [0.25, 0.3) is 5.91 Å². The first kappa shape index (κ1) is 20.5. The molecule has 0 bridgehead atoms. The Morgan fingerprint density at radius 1 is 1.23 bits per heavy atom. The Labute approximate surface area is 182 Å². The number of ether oxygens (including phenoxy) is 1. The van der Waals surface area contributed by atoms with Gasteiger partial charge >= 0.3 is 5.97 Å². The van der Waals surface area contributed by atoms with Crippen molar-refractivity contribution in [2.24, 2.45) is 0 Å². The average molecular weight is 436 g/mol. The third-order valence-corrected chi connectivity index (χ3v) is 5.22. The molecule has 0 aliphatic heterocycles. The summed E-state index contributed by atoms with van der Waals surface area (Å²) in [5.41, 5.74) is 2.98. The van der Waals surface area contributed by atoms with Crippen molar-refractivity contribution in [2.75, 3.05) is 13.2 Å². The number of esters is 1. The molecular weight excluding hydrogens is 416 g/mol. The first-order chi connectivity index (χ1) is 15.2. The van der Waals surface area contributed by atoms with Gasteiger partial charge in [-0.05, 0) is 13.0 Å². The van der Waals surface area contributed by atoms with Crippen LogP contribution in [0.2, 0.25) is 0 Å². The monoisotopic (exact) mass is 436 g/mol. The summed E-state index contributed by atoms with van der Waals surface area (Å²) >= 11 is 1.25. The van der Waals surface area contributed by atoms with Crippen molar-refractivity contribution < 1.29 is 14.3 Å². The molecule has 158 valence electrons. The number of H-pyrrole nitrogens is 1. The van der Waals surface area contributed by atoms with Gasteiger partial charge in [-0.25, -0.2) is 19.4 Å². The van der Waals surface area contributed by atoms with Gasteiger partial charge < -0.3 is 15.0 Å². The summed E-state index contributed by atoms with van der Waals surface area (Å²) in [6.45, 7) is 2.45. The maximum Gasteiger partial charge on any atom is 0.357 e. The lowest BCUT2D eigenvalue weighted by Crippen LogP contribution is -2.26. The second-order valence-electron chi connectivity index (χ2n) is 6.51. The predicted octanol–water partition coefficient (Wildman–Crippen LogP) is 2.87. The quantitative estimate of drug-likeness (QED) is 0.411. The third-order valence-electron chi connectivity index (χ3n) is 4.40. The second-order valence-corrected chi connectivity index (χ2v) is 7.35. The van der Waals surface area contributed by atoms with Gasteiger partial charge in [0.2, 0.25) is 5.13 Å². The number of aromatic nitrogens is 5. The van der Waals surface area contributed by atoms with E-state index in [1.165, 1.54) is 11.3 Å². The molecule has 0 atom stereocenters. The summed E-state index contributed by atoms with van der Waals surface area (Å²) in [7, 11) is 0. The number of amides is 1. The molecule has 9 nitrogen and oxygen atoms in total. The number of benzene rings is 1. The minimum absolute atomic E-state index is 0.210. The van der Waals surface area contributed by atoms with E-state index in [0.717, 1.165) is 11.3 Å². The predicted molar refractivity (Wildman–Crippen MR) is 115 cm³/mol. The highest BCUT2D eigenvalue weighted by molar-refractivity contribution is 7.12. The number of thiazole rings is 1. The van der Waals surface area contributed by atoms with E-state index >= 15 is 0 Å². The molecule has 4 aromatic rings. The highest BCUT2D eigenvalue weighted by atomic mass is 32.1. The van der Waals surface area contributed by atoms with Crippen molar-refractivity contribution in [2.45, 2.75) is 13.3 Å². The normalized spacial score (nSPS) is 10.7. The van der Waals surface area contributed by atoms with Crippen LogP contribution in [-0.4, -0.2) is 49.8 Å². The zero-order chi connectivity index (χ0) is 21.6. The maximum atomic E-state index is 12.7. The van der Waals surface area contributed by atoms with E-state index in [1.807, 2.05) is 30.3 Å². The largest absolute Gasteiger partial charge is 0.461 e. The number of aromatic amines is 1. The number of hydrogen-bond donors (Lipinski definition) is 2. The molecule has 0 aliphatic rings.